The van der Waals surface area contributed by atoms with Gasteiger partial charge in [-0.2, -0.15) is 5.10 Å². The van der Waals surface area contributed by atoms with Crippen molar-refractivity contribution >= 4 is 28.7 Å². The molecule has 0 bridgehead atoms. The Labute approximate surface area is 135 Å². The van der Waals surface area contributed by atoms with Crippen molar-refractivity contribution in [1.82, 2.24) is 9.99 Å². The van der Waals surface area contributed by atoms with Crippen LogP contribution in [0.5, 0.6) is 0 Å². The molecule has 3 rings (SSSR count). The summed E-state index contributed by atoms with van der Waals surface area (Å²) in [5, 5.41) is 6.33. The zero-order valence-corrected chi connectivity index (χ0v) is 13.4. The molecule has 1 aromatic heterocycles. The number of hydrazone groups is 1. The molecule has 3 aromatic rings. The number of hydrogen-bond donors (Lipinski definition) is 1. The van der Waals surface area contributed by atoms with Gasteiger partial charge in [-0.25, -0.2) is 0 Å². The van der Waals surface area contributed by atoms with Gasteiger partial charge in [0.15, 0.2) is 0 Å². The molecule has 3 nitrogen and oxygen atoms in total. The smallest absolute Gasteiger partial charge is 0.0580 e. The lowest BCUT2D eigenvalue weighted by Crippen LogP contribution is -2.05. The molecule has 0 radical (unpaired) electrons. The summed E-state index contributed by atoms with van der Waals surface area (Å²) in [4.78, 5) is 0. The van der Waals surface area contributed by atoms with E-state index in [1.54, 1.807) is 0 Å². The Kier molecular flexibility index (Phi) is 4.16. The number of rotatable bonds is 4. The average Bonchev–Trinajstić information content (AvgIpc) is 2.78. The van der Waals surface area contributed by atoms with E-state index in [1.807, 2.05) is 30.5 Å². The highest BCUT2D eigenvalue weighted by Gasteiger charge is 2.08. The average molecular weight is 312 g/mol. The summed E-state index contributed by atoms with van der Waals surface area (Å²) in [6.07, 6.45) is 1.90. The summed E-state index contributed by atoms with van der Waals surface area (Å²) in [5.41, 5.74) is 7.82. The van der Waals surface area contributed by atoms with E-state index in [-0.39, 0.29) is 0 Å². The molecule has 0 amide bonds. The Morgan fingerprint density at radius 1 is 1.14 bits per heavy atom. The number of fused-ring (bicyclic) bond motifs is 1. The van der Waals surface area contributed by atoms with Gasteiger partial charge in [0.05, 0.1) is 12.8 Å². The van der Waals surface area contributed by atoms with E-state index < -0.39 is 0 Å². The van der Waals surface area contributed by atoms with E-state index >= 15 is 0 Å². The largest absolute Gasteiger partial charge is 0.347 e. The molecule has 0 atom stereocenters. The number of aryl methyl sites for hydroxylation is 1. The Morgan fingerprint density at radius 3 is 2.64 bits per heavy atom. The fourth-order valence-corrected chi connectivity index (χ4v) is 2.69. The van der Waals surface area contributed by atoms with Gasteiger partial charge < -0.3 is 9.99 Å². The van der Waals surface area contributed by atoms with Crippen LogP contribution in [0.2, 0.25) is 5.02 Å². The van der Waals surface area contributed by atoms with Crippen LogP contribution in [0.1, 0.15) is 16.8 Å². The Balaban J connectivity index is 1.76. The van der Waals surface area contributed by atoms with Gasteiger partial charge in [0.2, 0.25) is 0 Å². The lowest BCUT2D eigenvalue weighted by Gasteiger charge is -2.01. The molecule has 4 heteroatoms. The van der Waals surface area contributed by atoms with E-state index in [1.165, 1.54) is 16.6 Å². The maximum Gasteiger partial charge on any atom is 0.0580 e. The number of halogens is 1. The first-order valence-electron chi connectivity index (χ1n) is 7.21. The van der Waals surface area contributed by atoms with E-state index in [0.29, 0.717) is 6.54 Å². The topological polar surface area (TPSA) is 29.3 Å². The van der Waals surface area contributed by atoms with Gasteiger partial charge in [0.25, 0.3) is 0 Å². The lowest BCUT2D eigenvalue weighted by molar-refractivity contribution is 0.748. The number of aromatic nitrogens is 1. The predicted molar refractivity (Wildman–Crippen MR) is 93.5 cm³/mol. The van der Waals surface area contributed by atoms with Gasteiger partial charge in [0, 0.05) is 34.2 Å². The number of para-hydroxylation sites is 1. The first-order valence-corrected chi connectivity index (χ1v) is 7.59. The van der Waals surface area contributed by atoms with Crippen molar-refractivity contribution in [2.75, 3.05) is 0 Å². The second-order valence-corrected chi connectivity index (χ2v) is 5.73. The molecule has 0 saturated heterocycles. The molecule has 0 aliphatic rings. The van der Waals surface area contributed by atoms with E-state index in [0.717, 1.165) is 16.1 Å². The summed E-state index contributed by atoms with van der Waals surface area (Å²) < 4.78 is 2.19. The minimum absolute atomic E-state index is 0.678. The first-order chi connectivity index (χ1) is 10.7. The highest BCUT2D eigenvalue weighted by atomic mass is 35.5. The van der Waals surface area contributed by atoms with Crippen molar-refractivity contribution in [1.29, 1.82) is 0 Å². The van der Waals surface area contributed by atoms with E-state index in [4.69, 9.17) is 11.6 Å². The molecule has 2 aromatic carbocycles. The molecule has 0 aliphatic heterocycles. The molecule has 1 N–H and O–H groups in total. The van der Waals surface area contributed by atoms with Crippen molar-refractivity contribution < 1.29 is 0 Å². The van der Waals surface area contributed by atoms with Gasteiger partial charge >= 0.3 is 0 Å². The second kappa shape index (κ2) is 6.24. The maximum absolute atomic E-state index is 5.88. The van der Waals surface area contributed by atoms with Crippen LogP contribution in [-0.2, 0) is 13.6 Å². The van der Waals surface area contributed by atoms with Crippen molar-refractivity contribution in [2.24, 2.45) is 12.1 Å². The fourth-order valence-electron chi connectivity index (χ4n) is 2.56. The molecule has 22 heavy (non-hydrogen) atoms. The monoisotopic (exact) mass is 311 g/mol. The third-order valence-corrected chi connectivity index (χ3v) is 4.18. The van der Waals surface area contributed by atoms with Gasteiger partial charge in [-0.05, 0) is 30.7 Å². The van der Waals surface area contributed by atoms with Gasteiger partial charge in [-0.3, -0.25) is 0 Å². The van der Waals surface area contributed by atoms with Crippen LogP contribution in [0.4, 0.5) is 0 Å². The number of benzene rings is 2. The van der Waals surface area contributed by atoms with Gasteiger partial charge in [-0.1, -0.05) is 41.9 Å². The highest BCUT2D eigenvalue weighted by Crippen LogP contribution is 2.22. The molecule has 1 heterocycles. The van der Waals surface area contributed by atoms with E-state index in [2.05, 4.69) is 53.3 Å². The quantitative estimate of drug-likeness (QED) is 0.566. The standard InChI is InChI=1S/C18H18ClN3/c1-13-17(16-5-3-4-6-18(16)22(13)2)12-21-20-11-14-7-9-15(19)10-8-14/h3-10,12,20H,11H2,1-2H3/b21-12-. The number of nitrogens with one attached hydrogen (secondary N) is 1. The lowest BCUT2D eigenvalue weighted by atomic mass is 10.1. The van der Waals surface area contributed by atoms with Gasteiger partial charge in [-0.15, -0.1) is 0 Å². The second-order valence-electron chi connectivity index (χ2n) is 5.29. The minimum atomic E-state index is 0.678. The van der Waals surface area contributed by atoms with Crippen molar-refractivity contribution in [3.8, 4) is 0 Å². The van der Waals surface area contributed by atoms with Crippen LogP contribution in [0.3, 0.4) is 0 Å². The summed E-state index contributed by atoms with van der Waals surface area (Å²) in [5.74, 6) is 0. The maximum atomic E-state index is 5.88. The van der Waals surface area contributed by atoms with Crippen molar-refractivity contribution in [3.63, 3.8) is 0 Å². The van der Waals surface area contributed by atoms with Crippen LogP contribution in [0.25, 0.3) is 10.9 Å². The molecule has 0 spiro atoms. The molecule has 0 aliphatic carbocycles. The molecule has 0 fully saturated rings. The number of nitrogens with zero attached hydrogens (tertiary/aromatic N) is 2. The third-order valence-electron chi connectivity index (χ3n) is 3.93. The Hall–Kier alpha value is -2.26. The van der Waals surface area contributed by atoms with Crippen molar-refractivity contribution in [3.05, 3.63) is 70.4 Å². The number of hydrogen-bond acceptors (Lipinski definition) is 2. The summed E-state index contributed by atoms with van der Waals surface area (Å²) in [6.45, 7) is 2.79. The van der Waals surface area contributed by atoms with Gasteiger partial charge in [0.1, 0.15) is 0 Å². The molecular formula is C18H18ClN3. The first kappa shape index (κ1) is 14.7. The Bertz CT molecular complexity index is 816. The molecular weight excluding hydrogens is 294 g/mol. The highest BCUT2D eigenvalue weighted by molar-refractivity contribution is 6.30. The zero-order valence-electron chi connectivity index (χ0n) is 12.7. The SMILES string of the molecule is Cc1c(/C=N\NCc2ccc(Cl)cc2)c2ccccc2n1C. The minimum Gasteiger partial charge on any atom is -0.347 e. The summed E-state index contributed by atoms with van der Waals surface area (Å²) in [6, 6.07) is 16.1. The van der Waals surface area contributed by atoms with Crippen LogP contribution < -0.4 is 5.43 Å². The summed E-state index contributed by atoms with van der Waals surface area (Å²) >= 11 is 5.88. The van der Waals surface area contributed by atoms with Crippen LogP contribution >= 0.6 is 11.6 Å². The van der Waals surface area contributed by atoms with Crippen LogP contribution in [0.15, 0.2) is 53.6 Å². The fraction of sp³-hybridized carbons (Fsp3) is 0.167. The normalized spacial score (nSPS) is 11.4. The molecule has 112 valence electrons. The zero-order chi connectivity index (χ0) is 15.5. The predicted octanol–water partition coefficient (Wildman–Crippen LogP) is 4.26. The Morgan fingerprint density at radius 2 is 1.86 bits per heavy atom. The summed E-state index contributed by atoms with van der Waals surface area (Å²) in [7, 11) is 2.08. The third kappa shape index (κ3) is 2.85. The van der Waals surface area contributed by atoms with Crippen molar-refractivity contribution in [2.45, 2.75) is 13.5 Å². The van der Waals surface area contributed by atoms with Crippen LogP contribution in [-0.4, -0.2) is 10.8 Å². The van der Waals surface area contributed by atoms with Crippen LogP contribution in [0, 0.1) is 6.92 Å². The van der Waals surface area contributed by atoms with E-state index in [9.17, 15) is 0 Å². The molecule has 0 saturated carbocycles. The molecule has 0 unspecified atom stereocenters.